The van der Waals surface area contributed by atoms with E-state index in [0.29, 0.717) is 5.70 Å². The lowest BCUT2D eigenvalue weighted by Crippen LogP contribution is -2.99. The Morgan fingerprint density at radius 3 is 2.55 bits per heavy atom. The number of ether oxygens (including phenoxy) is 3. The molecule has 0 bridgehead atoms. The van der Waals surface area contributed by atoms with E-state index in [1.54, 1.807) is 6.92 Å². The number of hydrogen-bond donors (Lipinski definition) is 4. The Balaban J connectivity index is 1.71. The van der Waals surface area contributed by atoms with Crippen molar-refractivity contribution in [3.05, 3.63) is 51.8 Å². The van der Waals surface area contributed by atoms with Gasteiger partial charge in [0, 0.05) is 35.9 Å². The van der Waals surface area contributed by atoms with Crippen LogP contribution in [-0.4, -0.2) is 41.7 Å². The third kappa shape index (κ3) is 3.47. The smallest absolute Gasteiger partial charge is 0.236 e. The number of rotatable bonds is 5. The van der Waals surface area contributed by atoms with E-state index in [2.05, 4.69) is 5.32 Å². The summed E-state index contributed by atoms with van der Waals surface area (Å²) in [5.41, 5.74) is -1.29. The highest BCUT2D eigenvalue weighted by Gasteiger charge is 2.60. The first-order valence-corrected chi connectivity index (χ1v) is 10.3. The predicted octanol–water partition coefficient (Wildman–Crippen LogP) is 2.38. The number of quaternary nitrogens is 1. The zero-order valence-electron chi connectivity index (χ0n) is 17.9. The number of phenolic OH excluding ortho intramolecular Hbond substituents is 1. The van der Waals surface area contributed by atoms with E-state index in [-0.39, 0.29) is 51.4 Å². The summed E-state index contributed by atoms with van der Waals surface area (Å²) in [6.45, 7) is 1.68. The Morgan fingerprint density at radius 1 is 1.24 bits per heavy atom. The van der Waals surface area contributed by atoms with Gasteiger partial charge in [0.2, 0.25) is 17.2 Å². The molecule has 2 aliphatic rings. The first-order chi connectivity index (χ1) is 15.6. The molecule has 10 nitrogen and oxygen atoms in total. The third-order valence-electron chi connectivity index (χ3n) is 5.85. The van der Waals surface area contributed by atoms with Crippen LogP contribution in [0.15, 0.2) is 36.0 Å². The molecule has 1 spiro atoms. The van der Waals surface area contributed by atoms with Crippen molar-refractivity contribution in [2.75, 3.05) is 19.5 Å². The molecule has 4 rings (SSSR count). The molecular formula is C22H21ClN2O8. The van der Waals surface area contributed by atoms with Gasteiger partial charge in [0.15, 0.2) is 11.4 Å². The van der Waals surface area contributed by atoms with Crippen molar-refractivity contribution in [2.45, 2.75) is 18.9 Å². The molecule has 0 radical (unpaired) electrons. The molecule has 0 fully saturated rings. The molecule has 1 aliphatic carbocycles. The lowest BCUT2D eigenvalue weighted by atomic mass is 9.74. The lowest BCUT2D eigenvalue weighted by Gasteiger charge is -2.35. The van der Waals surface area contributed by atoms with E-state index in [4.69, 9.17) is 25.8 Å². The van der Waals surface area contributed by atoms with Crippen LogP contribution < -0.4 is 24.8 Å². The number of aromatic hydroxyl groups is 1. The highest BCUT2D eigenvalue weighted by atomic mass is 35.5. The van der Waals surface area contributed by atoms with E-state index in [1.807, 2.05) is 0 Å². The second-order valence-electron chi connectivity index (χ2n) is 7.77. The maximum atomic E-state index is 13.5. The molecule has 1 heterocycles. The minimum Gasteiger partial charge on any atom is -0.595 e. The molecule has 0 amide bonds. The molecule has 1 aliphatic heterocycles. The number of anilines is 1. The van der Waals surface area contributed by atoms with Crippen molar-refractivity contribution < 1.29 is 39.3 Å². The second kappa shape index (κ2) is 8.23. The number of allylic oxidation sites excluding steroid dienone is 1. The lowest BCUT2D eigenvalue weighted by molar-refractivity contribution is -0.991. The van der Waals surface area contributed by atoms with Gasteiger partial charge in [-0.15, -0.1) is 0 Å². The Kier molecular flexibility index (Phi) is 5.71. The van der Waals surface area contributed by atoms with Gasteiger partial charge in [-0.25, -0.2) is 5.21 Å². The van der Waals surface area contributed by atoms with Crippen LogP contribution in [0.3, 0.4) is 0 Å². The van der Waals surface area contributed by atoms with E-state index in [1.165, 1.54) is 44.6 Å². The van der Waals surface area contributed by atoms with Crippen LogP contribution in [-0.2, 0) is 4.79 Å². The van der Waals surface area contributed by atoms with Crippen molar-refractivity contribution in [2.24, 2.45) is 5.92 Å². The largest absolute Gasteiger partial charge is 0.595 e. The summed E-state index contributed by atoms with van der Waals surface area (Å²) in [6.07, 6.45) is 1.41. The van der Waals surface area contributed by atoms with Crippen molar-refractivity contribution in [1.82, 2.24) is 0 Å². The number of halogens is 1. The van der Waals surface area contributed by atoms with Gasteiger partial charge in [-0.05, 0) is 12.5 Å². The summed E-state index contributed by atoms with van der Waals surface area (Å²) in [5.74, 6) is -1.57. The van der Waals surface area contributed by atoms with Crippen LogP contribution in [0.2, 0.25) is 5.02 Å². The number of nitrogens with one attached hydrogen (secondary N) is 2. The first kappa shape index (κ1) is 22.9. The highest BCUT2D eigenvalue weighted by Crippen LogP contribution is 2.53. The average Bonchev–Trinajstić information content (AvgIpc) is 3.09. The van der Waals surface area contributed by atoms with Gasteiger partial charge in [-0.2, -0.15) is 5.23 Å². The molecule has 11 heteroatoms. The molecule has 2 aromatic rings. The number of carbonyl (C=O) groups excluding carboxylic acids is 2. The van der Waals surface area contributed by atoms with Crippen LogP contribution in [0.1, 0.15) is 23.7 Å². The van der Waals surface area contributed by atoms with Crippen LogP contribution in [0.5, 0.6) is 23.0 Å². The second-order valence-corrected chi connectivity index (χ2v) is 8.15. The standard InChI is InChI=1S/C22H21ClN2O8/c1-10-6-11(24-13-8-12(25(29)30)4-5-14(13)26)7-17(27)22(10)21(28)18-15(31-2)9-16(32-3)19(23)20(18)33-22/h4-5,7-10,24-26,29H,6H2,1-3H3. The monoisotopic (exact) mass is 476 g/mol. The average molecular weight is 477 g/mol. The Labute approximate surface area is 193 Å². The van der Waals surface area contributed by atoms with Gasteiger partial charge in [0.1, 0.15) is 27.8 Å². The van der Waals surface area contributed by atoms with Crippen molar-refractivity contribution in [3.63, 3.8) is 0 Å². The van der Waals surface area contributed by atoms with Gasteiger partial charge in [0.05, 0.1) is 19.9 Å². The quantitative estimate of drug-likeness (QED) is 0.221. The number of ketones is 2. The van der Waals surface area contributed by atoms with Crippen LogP contribution in [0.4, 0.5) is 11.4 Å². The zero-order chi connectivity index (χ0) is 24.1. The fourth-order valence-corrected chi connectivity index (χ4v) is 4.42. The molecule has 2 aromatic carbocycles. The maximum Gasteiger partial charge on any atom is 0.236 e. The third-order valence-corrected chi connectivity index (χ3v) is 6.21. The van der Waals surface area contributed by atoms with Gasteiger partial charge in [-0.1, -0.05) is 18.5 Å². The SMILES string of the molecule is COc1cc(OC)c2c(c1Cl)OC1(C(=O)C=C(Nc3cc([NH+]([O-])O)ccc3O)CC1C)C2=O. The molecule has 0 aromatic heterocycles. The van der Waals surface area contributed by atoms with Crippen LogP contribution in [0, 0.1) is 11.1 Å². The van der Waals surface area contributed by atoms with Crippen LogP contribution in [0.25, 0.3) is 0 Å². The predicted molar refractivity (Wildman–Crippen MR) is 117 cm³/mol. The number of benzene rings is 2. The van der Waals surface area contributed by atoms with E-state index >= 15 is 0 Å². The molecule has 3 atom stereocenters. The molecule has 174 valence electrons. The Hall–Kier alpha value is -3.31. The highest BCUT2D eigenvalue weighted by molar-refractivity contribution is 6.36. The maximum absolute atomic E-state index is 13.5. The number of Topliss-reactive ketones (excluding diaryl/α,β-unsaturated/α-hetero) is 1. The van der Waals surface area contributed by atoms with Gasteiger partial charge >= 0.3 is 0 Å². The normalized spacial score (nSPS) is 22.5. The molecular weight excluding hydrogens is 456 g/mol. The zero-order valence-corrected chi connectivity index (χ0v) is 18.6. The number of methoxy groups -OCH3 is 2. The minimum absolute atomic E-state index is 0.0229. The fraction of sp³-hybridized carbons (Fsp3) is 0.273. The van der Waals surface area contributed by atoms with Crippen molar-refractivity contribution in [1.29, 1.82) is 0 Å². The number of phenols is 1. The topological polar surface area (TPSA) is 142 Å². The summed E-state index contributed by atoms with van der Waals surface area (Å²) < 4.78 is 16.5. The Morgan fingerprint density at radius 2 is 1.94 bits per heavy atom. The molecule has 0 saturated carbocycles. The van der Waals surface area contributed by atoms with E-state index < -0.39 is 28.3 Å². The number of hydrogen-bond acceptors (Lipinski definition) is 9. The first-order valence-electron chi connectivity index (χ1n) is 9.90. The summed E-state index contributed by atoms with van der Waals surface area (Å²) in [6, 6.07) is 5.21. The summed E-state index contributed by atoms with van der Waals surface area (Å²) >= 11 is 6.37. The molecule has 0 saturated heterocycles. The summed E-state index contributed by atoms with van der Waals surface area (Å²) in [4.78, 5) is 26.8. The molecule has 4 N–H and O–H groups in total. The van der Waals surface area contributed by atoms with Gasteiger partial charge < -0.3 is 29.8 Å². The van der Waals surface area contributed by atoms with Crippen molar-refractivity contribution >= 4 is 34.5 Å². The van der Waals surface area contributed by atoms with Gasteiger partial charge in [0.25, 0.3) is 0 Å². The fourth-order valence-electron chi connectivity index (χ4n) is 4.16. The summed E-state index contributed by atoms with van der Waals surface area (Å²) in [5, 5.41) is 32.3. The minimum atomic E-state index is -1.83. The van der Waals surface area contributed by atoms with Crippen LogP contribution >= 0.6 is 11.6 Å². The molecule has 3 unspecified atom stereocenters. The Bertz CT molecular complexity index is 1200. The van der Waals surface area contributed by atoms with E-state index in [9.17, 15) is 25.1 Å². The van der Waals surface area contributed by atoms with Gasteiger partial charge in [-0.3, -0.25) is 9.59 Å². The number of carbonyl (C=O) groups is 2. The van der Waals surface area contributed by atoms with Crippen molar-refractivity contribution in [3.8, 4) is 23.0 Å². The summed E-state index contributed by atoms with van der Waals surface area (Å²) in [7, 11) is 2.79. The molecule has 33 heavy (non-hydrogen) atoms. The number of fused-ring (bicyclic) bond motifs is 1. The van der Waals surface area contributed by atoms with E-state index in [0.717, 1.165) is 0 Å².